The van der Waals surface area contributed by atoms with Crippen LogP contribution in [0.5, 0.6) is 0 Å². The van der Waals surface area contributed by atoms with Crippen molar-refractivity contribution < 1.29 is 13.9 Å². The van der Waals surface area contributed by atoms with Crippen LogP contribution in [0.2, 0.25) is 0 Å². The van der Waals surface area contributed by atoms with Gasteiger partial charge in [0.2, 0.25) is 5.91 Å². The highest BCUT2D eigenvalue weighted by Gasteiger charge is 2.35. The second-order valence-corrected chi connectivity index (χ2v) is 8.01. The van der Waals surface area contributed by atoms with Crippen molar-refractivity contribution in [2.45, 2.75) is 31.8 Å². The summed E-state index contributed by atoms with van der Waals surface area (Å²) < 4.78 is 20.0. The first-order valence-corrected chi connectivity index (χ1v) is 10.4. The van der Waals surface area contributed by atoms with Crippen LogP contribution in [0.1, 0.15) is 30.9 Å². The van der Waals surface area contributed by atoms with Crippen LogP contribution in [-0.2, 0) is 21.6 Å². The molecule has 0 bridgehead atoms. The van der Waals surface area contributed by atoms with Gasteiger partial charge in [0.1, 0.15) is 5.82 Å². The average Bonchev–Trinajstić information content (AvgIpc) is 2.71. The number of hydrogen-bond donors (Lipinski definition) is 1. The fraction of sp³-hybridized carbons (Fsp3) is 0.409. The van der Waals surface area contributed by atoms with E-state index in [0.29, 0.717) is 26.3 Å². The molecule has 3 rings (SSSR count). The fourth-order valence-electron chi connectivity index (χ4n) is 3.66. The molecule has 150 valence electrons. The number of hydrogen-bond acceptors (Lipinski definition) is 3. The lowest BCUT2D eigenvalue weighted by Crippen LogP contribution is -2.50. The molecule has 0 radical (unpaired) electrons. The summed E-state index contributed by atoms with van der Waals surface area (Å²) in [5, 5.41) is 3.52. The van der Waals surface area contributed by atoms with Crippen LogP contribution < -0.4 is 5.32 Å². The summed E-state index contributed by atoms with van der Waals surface area (Å²) in [4.78, 5) is 14.6. The molecule has 2 aromatic carbocycles. The summed E-state index contributed by atoms with van der Waals surface area (Å²) in [5.41, 5.74) is 1.67. The van der Waals surface area contributed by atoms with Gasteiger partial charge in [0, 0.05) is 36.3 Å². The average molecular weight is 449 g/mol. The van der Waals surface area contributed by atoms with E-state index in [4.69, 9.17) is 4.74 Å². The van der Waals surface area contributed by atoms with Gasteiger partial charge in [-0.1, -0.05) is 40.2 Å². The van der Waals surface area contributed by atoms with E-state index < -0.39 is 0 Å². The van der Waals surface area contributed by atoms with Crippen LogP contribution in [-0.4, -0.2) is 37.1 Å². The SMILES string of the molecule is CCN(Cc1cccc(F)c1)C(=O)CNC1(c2cccc(Br)c2)CCOCC1. The number of carbonyl (C=O) groups is 1. The topological polar surface area (TPSA) is 41.6 Å². The number of carbonyl (C=O) groups excluding carboxylic acids is 1. The summed E-state index contributed by atoms with van der Waals surface area (Å²) in [7, 11) is 0. The highest BCUT2D eigenvalue weighted by atomic mass is 79.9. The molecule has 6 heteroatoms. The summed E-state index contributed by atoms with van der Waals surface area (Å²) in [6, 6.07) is 14.6. The molecule has 1 amide bonds. The number of likely N-dealkylation sites (N-methyl/N-ethyl adjacent to an activating group) is 1. The molecule has 1 aliphatic rings. The predicted octanol–water partition coefficient (Wildman–Crippen LogP) is 4.23. The first-order valence-electron chi connectivity index (χ1n) is 9.63. The minimum atomic E-state index is -0.282. The van der Waals surface area contributed by atoms with Crippen LogP contribution >= 0.6 is 15.9 Å². The van der Waals surface area contributed by atoms with Gasteiger partial charge in [-0.3, -0.25) is 10.1 Å². The number of benzene rings is 2. The Morgan fingerprint density at radius 1 is 1.21 bits per heavy atom. The minimum absolute atomic E-state index is 0.00706. The molecule has 1 aliphatic heterocycles. The maximum Gasteiger partial charge on any atom is 0.236 e. The molecule has 1 N–H and O–H groups in total. The van der Waals surface area contributed by atoms with Gasteiger partial charge in [-0.15, -0.1) is 0 Å². The Balaban J connectivity index is 1.70. The van der Waals surface area contributed by atoms with E-state index in [1.54, 1.807) is 11.0 Å². The summed E-state index contributed by atoms with van der Waals surface area (Å²) in [6.45, 7) is 4.47. The molecule has 1 fully saturated rings. The maximum atomic E-state index is 13.5. The lowest BCUT2D eigenvalue weighted by Gasteiger charge is -2.39. The number of ether oxygens (including phenoxy) is 1. The molecule has 0 atom stereocenters. The first-order chi connectivity index (χ1) is 13.5. The van der Waals surface area contributed by atoms with E-state index in [1.807, 2.05) is 25.1 Å². The lowest BCUT2D eigenvalue weighted by atomic mass is 9.82. The summed E-state index contributed by atoms with van der Waals surface area (Å²) >= 11 is 3.55. The number of nitrogens with one attached hydrogen (secondary N) is 1. The van der Waals surface area contributed by atoms with E-state index in [-0.39, 0.29) is 23.8 Å². The van der Waals surface area contributed by atoms with Crippen LogP contribution in [0.25, 0.3) is 0 Å². The Hall–Kier alpha value is -1.76. The van der Waals surface area contributed by atoms with Gasteiger partial charge < -0.3 is 9.64 Å². The Labute approximate surface area is 174 Å². The molecule has 0 aliphatic carbocycles. The van der Waals surface area contributed by atoms with E-state index in [2.05, 4.69) is 33.4 Å². The Bertz CT molecular complexity index is 809. The van der Waals surface area contributed by atoms with E-state index in [0.717, 1.165) is 28.4 Å². The molecular formula is C22H26BrFN2O2. The van der Waals surface area contributed by atoms with E-state index in [9.17, 15) is 9.18 Å². The largest absolute Gasteiger partial charge is 0.381 e. The number of amides is 1. The van der Waals surface area contributed by atoms with Crippen molar-refractivity contribution in [1.29, 1.82) is 0 Å². The lowest BCUT2D eigenvalue weighted by molar-refractivity contribution is -0.131. The molecule has 0 aromatic heterocycles. The molecule has 2 aromatic rings. The Morgan fingerprint density at radius 2 is 1.96 bits per heavy atom. The smallest absolute Gasteiger partial charge is 0.236 e. The van der Waals surface area contributed by atoms with Crippen LogP contribution in [0, 0.1) is 5.82 Å². The fourth-order valence-corrected chi connectivity index (χ4v) is 4.06. The standard InChI is InChI=1S/C22H26BrFN2O2/c1-2-26(16-17-5-3-8-20(24)13-17)21(27)15-25-22(9-11-28-12-10-22)18-6-4-7-19(23)14-18/h3-8,13-14,25H,2,9-12,15-16H2,1H3. The molecule has 0 unspecified atom stereocenters. The van der Waals surface area contributed by atoms with Crippen LogP contribution in [0.4, 0.5) is 4.39 Å². The molecule has 4 nitrogen and oxygen atoms in total. The molecule has 28 heavy (non-hydrogen) atoms. The van der Waals surface area contributed by atoms with Gasteiger partial charge in [-0.25, -0.2) is 4.39 Å². The number of nitrogens with zero attached hydrogens (tertiary/aromatic N) is 1. The van der Waals surface area contributed by atoms with Gasteiger partial charge in [0.05, 0.1) is 6.54 Å². The van der Waals surface area contributed by atoms with Crippen molar-refractivity contribution >= 4 is 21.8 Å². The second-order valence-electron chi connectivity index (χ2n) is 7.10. The summed E-state index contributed by atoms with van der Waals surface area (Å²) in [6.07, 6.45) is 1.62. The highest BCUT2D eigenvalue weighted by Crippen LogP contribution is 2.33. The zero-order valence-electron chi connectivity index (χ0n) is 16.1. The van der Waals surface area contributed by atoms with Crippen molar-refractivity contribution in [2.24, 2.45) is 0 Å². The Kier molecular flexibility index (Phi) is 7.21. The van der Waals surface area contributed by atoms with Gasteiger partial charge in [-0.05, 0) is 55.2 Å². The molecule has 1 saturated heterocycles. The third kappa shape index (κ3) is 5.19. The van der Waals surface area contributed by atoms with Crippen molar-refractivity contribution in [2.75, 3.05) is 26.3 Å². The van der Waals surface area contributed by atoms with Gasteiger partial charge in [0.15, 0.2) is 0 Å². The predicted molar refractivity (Wildman–Crippen MR) is 111 cm³/mol. The van der Waals surface area contributed by atoms with Gasteiger partial charge >= 0.3 is 0 Å². The molecule has 1 heterocycles. The second kappa shape index (κ2) is 9.63. The maximum absolute atomic E-state index is 13.5. The van der Waals surface area contributed by atoms with E-state index in [1.165, 1.54) is 12.1 Å². The normalized spacial score (nSPS) is 16.0. The summed E-state index contributed by atoms with van der Waals surface area (Å²) in [5.74, 6) is -0.275. The van der Waals surface area contributed by atoms with Crippen molar-refractivity contribution in [3.63, 3.8) is 0 Å². The number of rotatable bonds is 7. The monoisotopic (exact) mass is 448 g/mol. The third-order valence-corrected chi connectivity index (χ3v) is 5.79. The zero-order valence-corrected chi connectivity index (χ0v) is 17.7. The van der Waals surface area contributed by atoms with Crippen LogP contribution in [0.15, 0.2) is 53.0 Å². The van der Waals surface area contributed by atoms with Crippen molar-refractivity contribution in [3.8, 4) is 0 Å². The molecule has 0 spiro atoms. The van der Waals surface area contributed by atoms with Crippen molar-refractivity contribution in [3.05, 3.63) is 69.9 Å². The first kappa shape index (κ1) is 21.0. The molecular weight excluding hydrogens is 423 g/mol. The highest BCUT2D eigenvalue weighted by molar-refractivity contribution is 9.10. The Morgan fingerprint density at radius 3 is 2.64 bits per heavy atom. The van der Waals surface area contributed by atoms with Gasteiger partial charge in [-0.2, -0.15) is 0 Å². The zero-order chi connectivity index (χ0) is 20.0. The quantitative estimate of drug-likeness (QED) is 0.688. The van der Waals surface area contributed by atoms with E-state index >= 15 is 0 Å². The van der Waals surface area contributed by atoms with Gasteiger partial charge in [0.25, 0.3) is 0 Å². The number of halogens is 2. The molecule has 0 saturated carbocycles. The third-order valence-electron chi connectivity index (χ3n) is 5.30. The van der Waals surface area contributed by atoms with Crippen molar-refractivity contribution in [1.82, 2.24) is 10.2 Å². The van der Waals surface area contributed by atoms with Crippen LogP contribution in [0.3, 0.4) is 0 Å². The minimum Gasteiger partial charge on any atom is -0.381 e.